The molecule has 0 unspecified atom stereocenters. The van der Waals surface area contributed by atoms with E-state index in [1.165, 1.54) is 0 Å². The van der Waals surface area contributed by atoms with E-state index >= 15 is 0 Å². The average molecular weight is 334 g/mol. The largest absolute Gasteiger partial charge is 0.354 e. The molecule has 0 radical (unpaired) electrons. The third kappa shape index (κ3) is 4.02. The van der Waals surface area contributed by atoms with E-state index in [4.69, 9.17) is 9.47 Å². The van der Waals surface area contributed by atoms with Gasteiger partial charge in [0.25, 0.3) is 5.91 Å². The van der Waals surface area contributed by atoms with Gasteiger partial charge in [-0.3, -0.25) is 4.79 Å². The molecule has 0 aliphatic carbocycles. The Kier molecular flexibility index (Phi) is 5.30. The van der Waals surface area contributed by atoms with Crippen molar-refractivity contribution in [1.29, 1.82) is 0 Å². The van der Waals surface area contributed by atoms with E-state index in [0.29, 0.717) is 56.6 Å². The second-order valence-corrected chi connectivity index (χ2v) is 6.80. The molecule has 24 heavy (non-hydrogen) atoms. The Morgan fingerprint density at radius 3 is 2.46 bits per heavy atom. The smallest absolute Gasteiger partial charge is 0.256 e. The molecular weight excluding hydrogens is 308 g/mol. The number of aromatic nitrogens is 2. The normalized spacial score (nSPS) is 19.9. The number of rotatable bonds is 5. The van der Waals surface area contributed by atoms with Gasteiger partial charge in [-0.05, 0) is 12.3 Å². The lowest BCUT2D eigenvalue weighted by Gasteiger charge is -2.37. The molecule has 2 aliphatic rings. The number of hydrogen-bond donors (Lipinski definition) is 1. The Hall–Kier alpha value is -1.73. The van der Waals surface area contributed by atoms with E-state index in [-0.39, 0.29) is 5.91 Å². The number of likely N-dealkylation sites (tertiary alicyclic amines) is 1. The third-order valence-corrected chi connectivity index (χ3v) is 4.53. The first-order valence-corrected chi connectivity index (χ1v) is 8.71. The zero-order valence-corrected chi connectivity index (χ0v) is 14.5. The van der Waals surface area contributed by atoms with E-state index in [0.717, 1.165) is 13.0 Å². The summed E-state index contributed by atoms with van der Waals surface area (Å²) in [5, 5.41) is 3.17. The number of anilines is 1. The van der Waals surface area contributed by atoms with Crippen LogP contribution < -0.4 is 5.32 Å². The Morgan fingerprint density at radius 1 is 1.25 bits per heavy atom. The van der Waals surface area contributed by atoms with Crippen LogP contribution in [0.5, 0.6) is 0 Å². The van der Waals surface area contributed by atoms with Gasteiger partial charge in [0, 0.05) is 44.9 Å². The van der Waals surface area contributed by atoms with Crippen LogP contribution in [0.3, 0.4) is 0 Å². The van der Waals surface area contributed by atoms with Gasteiger partial charge >= 0.3 is 0 Å². The van der Waals surface area contributed by atoms with Crippen molar-refractivity contribution < 1.29 is 14.3 Å². The van der Waals surface area contributed by atoms with Crippen molar-refractivity contribution in [3.05, 3.63) is 18.0 Å². The van der Waals surface area contributed by atoms with Crippen LogP contribution in [0, 0.1) is 5.92 Å². The highest BCUT2D eigenvalue weighted by Gasteiger charge is 2.40. The minimum absolute atomic E-state index is 0.0309. The summed E-state index contributed by atoms with van der Waals surface area (Å²) >= 11 is 0. The summed E-state index contributed by atoms with van der Waals surface area (Å²) in [6.07, 6.45) is 5.69. The third-order valence-electron chi connectivity index (χ3n) is 4.53. The molecule has 3 heterocycles. The summed E-state index contributed by atoms with van der Waals surface area (Å²) in [7, 11) is 0. The van der Waals surface area contributed by atoms with Crippen LogP contribution in [0.2, 0.25) is 0 Å². The summed E-state index contributed by atoms with van der Waals surface area (Å²) in [4.78, 5) is 22.9. The number of amides is 1. The fourth-order valence-electron chi connectivity index (χ4n) is 3.02. The van der Waals surface area contributed by atoms with Gasteiger partial charge in [-0.1, -0.05) is 13.8 Å². The van der Waals surface area contributed by atoms with Crippen LogP contribution in [0.25, 0.3) is 0 Å². The van der Waals surface area contributed by atoms with Crippen LogP contribution in [0.4, 0.5) is 5.95 Å². The lowest BCUT2D eigenvalue weighted by Crippen LogP contribution is -2.47. The molecule has 132 valence electrons. The Bertz CT molecular complexity index is 545. The second kappa shape index (κ2) is 7.44. The quantitative estimate of drug-likeness (QED) is 0.886. The minimum Gasteiger partial charge on any atom is -0.354 e. The number of carbonyl (C=O) groups excluding carboxylic acids is 1. The standard InChI is InChI=1S/C17H26N4O3/c1-13(2)3-6-18-16-19-11-14(12-20-16)15(22)21-7-4-17(5-8-21)23-9-10-24-17/h11-13H,3-10H2,1-2H3,(H,18,19,20). The maximum Gasteiger partial charge on any atom is 0.256 e. The van der Waals surface area contributed by atoms with Gasteiger partial charge in [-0.2, -0.15) is 0 Å². The molecule has 2 fully saturated rings. The van der Waals surface area contributed by atoms with Gasteiger partial charge < -0.3 is 19.7 Å². The summed E-state index contributed by atoms with van der Waals surface area (Å²) in [6, 6.07) is 0. The Balaban J connectivity index is 1.52. The van der Waals surface area contributed by atoms with Gasteiger partial charge in [0.2, 0.25) is 5.95 Å². The maximum atomic E-state index is 12.6. The Morgan fingerprint density at radius 2 is 1.88 bits per heavy atom. The molecule has 1 aromatic rings. The molecule has 3 rings (SSSR count). The van der Waals surface area contributed by atoms with Gasteiger partial charge in [-0.15, -0.1) is 0 Å². The molecule has 2 aliphatic heterocycles. The molecule has 1 aromatic heterocycles. The zero-order valence-electron chi connectivity index (χ0n) is 14.5. The molecule has 7 heteroatoms. The summed E-state index contributed by atoms with van der Waals surface area (Å²) in [5.74, 6) is 0.708. The molecule has 7 nitrogen and oxygen atoms in total. The van der Waals surface area contributed by atoms with Crippen LogP contribution in [0.1, 0.15) is 43.5 Å². The van der Waals surface area contributed by atoms with Crippen LogP contribution >= 0.6 is 0 Å². The van der Waals surface area contributed by atoms with E-state index < -0.39 is 5.79 Å². The maximum absolute atomic E-state index is 12.6. The summed E-state index contributed by atoms with van der Waals surface area (Å²) in [6.45, 7) is 7.74. The van der Waals surface area contributed by atoms with Gasteiger partial charge in [0.05, 0.1) is 18.8 Å². The number of nitrogens with one attached hydrogen (secondary N) is 1. The molecular formula is C17H26N4O3. The molecule has 0 bridgehead atoms. The second-order valence-electron chi connectivity index (χ2n) is 6.80. The van der Waals surface area contributed by atoms with Crippen LogP contribution in [-0.4, -0.2) is 59.4 Å². The lowest BCUT2D eigenvalue weighted by atomic mass is 10.0. The first kappa shape index (κ1) is 17.1. The zero-order chi connectivity index (χ0) is 17.0. The van der Waals surface area contributed by atoms with Crippen molar-refractivity contribution in [2.75, 3.05) is 38.2 Å². The lowest BCUT2D eigenvalue weighted by molar-refractivity contribution is -0.181. The van der Waals surface area contributed by atoms with Crippen molar-refractivity contribution in [3.63, 3.8) is 0 Å². The number of nitrogens with zero attached hydrogens (tertiary/aromatic N) is 3. The predicted molar refractivity (Wildman–Crippen MR) is 89.7 cm³/mol. The monoisotopic (exact) mass is 334 g/mol. The first-order chi connectivity index (χ1) is 11.6. The molecule has 1 spiro atoms. The van der Waals surface area contributed by atoms with Crippen molar-refractivity contribution in [2.24, 2.45) is 5.92 Å². The number of hydrogen-bond acceptors (Lipinski definition) is 6. The topological polar surface area (TPSA) is 76.6 Å². The molecule has 0 atom stereocenters. The van der Waals surface area contributed by atoms with Crippen molar-refractivity contribution in [3.8, 4) is 0 Å². The molecule has 0 aromatic carbocycles. The van der Waals surface area contributed by atoms with Crippen LogP contribution in [0.15, 0.2) is 12.4 Å². The highest BCUT2D eigenvalue weighted by Crippen LogP contribution is 2.31. The highest BCUT2D eigenvalue weighted by molar-refractivity contribution is 5.93. The molecule has 0 saturated carbocycles. The van der Waals surface area contributed by atoms with Gasteiger partial charge in [-0.25, -0.2) is 9.97 Å². The summed E-state index contributed by atoms with van der Waals surface area (Å²) < 4.78 is 11.4. The van der Waals surface area contributed by atoms with Crippen LogP contribution in [-0.2, 0) is 9.47 Å². The molecule has 1 amide bonds. The van der Waals surface area contributed by atoms with Gasteiger partial charge in [0.15, 0.2) is 5.79 Å². The van der Waals surface area contributed by atoms with Gasteiger partial charge in [0.1, 0.15) is 0 Å². The van der Waals surface area contributed by atoms with E-state index in [1.807, 2.05) is 4.90 Å². The van der Waals surface area contributed by atoms with E-state index in [1.54, 1.807) is 12.4 Å². The predicted octanol–water partition coefficient (Wildman–Crippen LogP) is 1.91. The number of piperidine rings is 1. The fraction of sp³-hybridized carbons (Fsp3) is 0.706. The highest BCUT2D eigenvalue weighted by atomic mass is 16.7. The number of ether oxygens (including phenoxy) is 2. The number of carbonyl (C=O) groups is 1. The van der Waals surface area contributed by atoms with Crippen molar-refractivity contribution >= 4 is 11.9 Å². The molecule has 2 saturated heterocycles. The van der Waals surface area contributed by atoms with Crippen molar-refractivity contribution in [1.82, 2.24) is 14.9 Å². The molecule has 1 N–H and O–H groups in total. The van der Waals surface area contributed by atoms with E-state index in [2.05, 4.69) is 29.1 Å². The van der Waals surface area contributed by atoms with Crippen molar-refractivity contribution in [2.45, 2.75) is 38.9 Å². The van der Waals surface area contributed by atoms with E-state index in [9.17, 15) is 4.79 Å². The SMILES string of the molecule is CC(C)CCNc1ncc(C(=O)N2CCC3(CC2)OCCO3)cn1. The summed E-state index contributed by atoms with van der Waals surface area (Å²) in [5.41, 5.74) is 0.522. The Labute approximate surface area is 142 Å². The average Bonchev–Trinajstić information content (AvgIpc) is 3.03. The fourth-order valence-corrected chi connectivity index (χ4v) is 3.02. The first-order valence-electron chi connectivity index (χ1n) is 8.71. The minimum atomic E-state index is -0.461.